The van der Waals surface area contributed by atoms with Crippen LogP contribution in [0.25, 0.3) is 0 Å². The Morgan fingerprint density at radius 2 is 2.30 bits per heavy atom. The predicted molar refractivity (Wildman–Crippen MR) is 79.7 cm³/mol. The number of aryl methyl sites for hydroxylation is 1. The fourth-order valence-electron chi connectivity index (χ4n) is 1.92. The average molecular weight is 299 g/mol. The van der Waals surface area contributed by atoms with E-state index in [4.69, 9.17) is 11.6 Å². The van der Waals surface area contributed by atoms with Crippen molar-refractivity contribution in [3.05, 3.63) is 16.7 Å². The van der Waals surface area contributed by atoms with Crippen LogP contribution < -0.4 is 10.6 Å². The van der Waals surface area contributed by atoms with E-state index >= 15 is 0 Å². The maximum absolute atomic E-state index is 11.8. The Labute approximate surface area is 124 Å². The number of halogens is 1. The number of nitrogens with one attached hydrogen (secondary N) is 3. The number of carbonyl (C=O) groups is 1. The number of nitrogens with zero attached hydrogens (tertiary/aromatic N) is 1. The summed E-state index contributed by atoms with van der Waals surface area (Å²) in [5.74, 6) is 0.970. The smallest absolute Gasteiger partial charge is 0.237 e. The summed E-state index contributed by atoms with van der Waals surface area (Å²) in [6.45, 7) is 4.53. The molecule has 1 fully saturated rings. The van der Waals surface area contributed by atoms with Crippen molar-refractivity contribution < 1.29 is 4.79 Å². The van der Waals surface area contributed by atoms with E-state index in [1.807, 2.05) is 6.92 Å². The molecule has 20 heavy (non-hydrogen) atoms. The van der Waals surface area contributed by atoms with Crippen molar-refractivity contribution in [3.8, 4) is 0 Å². The van der Waals surface area contributed by atoms with Crippen LogP contribution in [0, 0.1) is 0 Å². The van der Waals surface area contributed by atoms with Crippen LogP contribution in [0.15, 0.2) is 0 Å². The summed E-state index contributed by atoms with van der Waals surface area (Å²) in [4.78, 5) is 19.3. The van der Waals surface area contributed by atoms with Crippen LogP contribution in [0.2, 0.25) is 5.15 Å². The van der Waals surface area contributed by atoms with Gasteiger partial charge in [-0.25, -0.2) is 4.98 Å². The minimum Gasteiger partial charge on any atom is -0.352 e. The van der Waals surface area contributed by atoms with Gasteiger partial charge in [0.2, 0.25) is 5.91 Å². The lowest BCUT2D eigenvalue weighted by atomic mass is 10.2. The molecule has 6 heteroatoms. The van der Waals surface area contributed by atoms with E-state index in [0.717, 1.165) is 43.6 Å². The second-order valence-corrected chi connectivity index (χ2v) is 5.80. The maximum Gasteiger partial charge on any atom is 0.237 e. The number of aromatic amines is 1. The van der Waals surface area contributed by atoms with Crippen LogP contribution in [0.5, 0.6) is 0 Å². The molecule has 0 aliphatic heterocycles. The first-order valence-corrected chi connectivity index (χ1v) is 7.75. The van der Waals surface area contributed by atoms with Crippen LogP contribution in [0.1, 0.15) is 51.0 Å². The third kappa shape index (κ3) is 4.49. The number of unbranched alkanes of at least 4 members (excludes halogenated alkanes) is 1. The Morgan fingerprint density at radius 1 is 1.55 bits per heavy atom. The van der Waals surface area contributed by atoms with Gasteiger partial charge in [-0.1, -0.05) is 24.9 Å². The van der Waals surface area contributed by atoms with Crippen LogP contribution >= 0.6 is 11.6 Å². The summed E-state index contributed by atoms with van der Waals surface area (Å²) in [6, 6.07) is 0.164. The number of rotatable bonds is 8. The SMILES string of the molecule is CCCCc1nc(Cl)c(CNC(C)C(=O)NC2CC2)[nH]1. The van der Waals surface area contributed by atoms with E-state index < -0.39 is 0 Å². The molecule has 3 N–H and O–H groups in total. The van der Waals surface area contributed by atoms with Crippen LogP contribution in [-0.4, -0.2) is 28.0 Å². The number of hydrogen-bond donors (Lipinski definition) is 3. The molecule has 1 atom stereocenters. The van der Waals surface area contributed by atoms with Gasteiger partial charge in [0.05, 0.1) is 11.7 Å². The van der Waals surface area contributed by atoms with E-state index in [2.05, 4.69) is 27.5 Å². The zero-order valence-electron chi connectivity index (χ0n) is 12.1. The number of hydrogen-bond acceptors (Lipinski definition) is 3. The minimum atomic E-state index is -0.228. The number of H-pyrrole nitrogens is 1. The van der Waals surface area contributed by atoms with Gasteiger partial charge in [0.25, 0.3) is 0 Å². The Kier molecular flexibility index (Phi) is 5.43. The van der Waals surface area contributed by atoms with Gasteiger partial charge in [-0.05, 0) is 26.2 Å². The van der Waals surface area contributed by atoms with E-state index in [1.165, 1.54) is 0 Å². The largest absolute Gasteiger partial charge is 0.352 e. The van der Waals surface area contributed by atoms with E-state index in [0.29, 0.717) is 17.7 Å². The molecule has 0 spiro atoms. The van der Waals surface area contributed by atoms with Gasteiger partial charge >= 0.3 is 0 Å². The molecule has 0 radical (unpaired) electrons. The summed E-state index contributed by atoms with van der Waals surface area (Å²) in [7, 11) is 0. The first kappa shape index (κ1) is 15.3. The molecular formula is C14H23ClN4O. The average Bonchev–Trinajstić information content (AvgIpc) is 3.16. The molecule has 1 aliphatic carbocycles. The third-order valence-electron chi connectivity index (χ3n) is 3.45. The van der Waals surface area contributed by atoms with Gasteiger partial charge in [-0.15, -0.1) is 0 Å². The van der Waals surface area contributed by atoms with Crippen molar-refractivity contribution in [2.24, 2.45) is 0 Å². The normalized spacial score (nSPS) is 16.1. The summed E-state index contributed by atoms with van der Waals surface area (Å²) in [5.41, 5.74) is 0.851. The highest BCUT2D eigenvalue weighted by Gasteiger charge is 2.25. The second-order valence-electron chi connectivity index (χ2n) is 5.44. The number of amides is 1. The van der Waals surface area contributed by atoms with Crippen molar-refractivity contribution in [3.63, 3.8) is 0 Å². The topological polar surface area (TPSA) is 69.8 Å². The third-order valence-corrected chi connectivity index (χ3v) is 3.76. The molecule has 0 saturated heterocycles. The highest BCUT2D eigenvalue weighted by Crippen LogP contribution is 2.18. The first-order valence-electron chi connectivity index (χ1n) is 7.37. The highest BCUT2D eigenvalue weighted by molar-refractivity contribution is 6.30. The quantitative estimate of drug-likeness (QED) is 0.689. The maximum atomic E-state index is 11.8. The number of aromatic nitrogens is 2. The van der Waals surface area contributed by atoms with Gasteiger partial charge < -0.3 is 15.6 Å². The molecular weight excluding hydrogens is 276 g/mol. The first-order chi connectivity index (χ1) is 9.60. The van der Waals surface area contributed by atoms with E-state index in [1.54, 1.807) is 0 Å². The van der Waals surface area contributed by atoms with Crippen LogP contribution in [0.4, 0.5) is 0 Å². The predicted octanol–water partition coefficient (Wildman–Crippen LogP) is 2.16. The summed E-state index contributed by atoms with van der Waals surface area (Å²) < 4.78 is 0. The number of imidazole rings is 1. The summed E-state index contributed by atoms with van der Waals surface area (Å²) in [5, 5.41) is 6.65. The Bertz CT molecular complexity index is 456. The monoisotopic (exact) mass is 298 g/mol. The van der Waals surface area contributed by atoms with Crippen molar-refractivity contribution in [1.82, 2.24) is 20.6 Å². The molecule has 2 rings (SSSR count). The van der Waals surface area contributed by atoms with E-state index in [-0.39, 0.29) is 11.9 Å². The van der Waals surface area contributed by atoms with Crippen molar-refractivity contribution >= 4 is 17.5 Å². The fourth-order valence-corrected chi connectivity index (χ4v) is 2.14. The van der Waals surface area contributed by atoms with Gasteiger partial charge in [-0.3, -0.25) is 4.79 Å². The molecule has 0 bridgehead atoms. The lowest BCUT2D eigenvalue weighted by molar-refractivity contribution is -0.122. The minimum absolute atomic E-state index is 0.0503. The van der Waals surface area contributed by atoms with Crippen molar-refractivity contribution in [1.29, 1.82) is 0 Å². The zero-order valence-corrected chi connectivity index (χ0v) is 12.9. The molecule has 1 unspecified atom stereocenters. The molecule has 1 amide bonds. The molecule has 1 aromatic rings. The van der Waals surface area contributed by atoms with E-state index in [9.17, 15) is 4.79 Å². The van der Waals surface area contributed by atoms with Gasteiger partial charge in [0.15, 0.2) is 5.15 Å². The second kappa shape index (κ2) is 7.09. The number of carbonyl (C=O) groups excluding carboxylic acids is 1. The Balaban J connectivity index is 1.79. The van der Waals surface area contributed by atoms with Crippen molar-refractivity contribution in [2.75, 3.05) is 0 Å². The molecule has 1 aliphatic rings. The molecule has 1 saturated carbocycles. The fraction of sp³-hybridized carbons (Fsp3) is 0.714. The zero-order chi connectivity index (χ0) is 14.5. The summed E-state index contributed by atoms with van der Waals surface area (Å²) in [6.07, 6.45) is 5.34. The van der Waals surface area contributed by atoms with Gasteiger partial charge in [-0.2, -0.15) is 0 Å². The van der Waals surface area contributed by atoms with Crippen molar-refractivity contribution in [2.45, 2.75) is 64.6 Å². The highest BCUT2D eigenvalue weighted by atomic mass is 35.5. The molecule has 0 aromatic carbocycles. The Hall–Kier alpha value is -1.07. The summed E-state index contributed by atoms with van der Waals surface area (Å²) >= 11 is 6.10. The standard InChI is InChI=1S/C14H23ClN4O/c1-3-4-5-12-18-11(13(15)19-12)8-16-9(2)14(20)17-10-6-7-10/h9-10,16H,3-8H2,1-2H3,(H,17,20)(H,18,19). The van der Waals surface area contributed by atoms with Gasteiger partial charge in [0, 0.05) is 19.0 Å². The molecule has 5 nitrogen and oxygen atoms in total. The van der Waals surface area contributed by atoms with Crippen LogP contribution in [0.3, 0.4) is 0 Å². The lowest BCUT2D eigenvalue weighted by Gasteiger charge is -2.13. The molecule has 112 valence electrons. The molecule has 1 aromatic heterocycles. The lowest BCUT2D eigenvalue weighted by Crippen LogP contribution is -2.42. The van der Waals surface area contributed by atoms with Gasteiger partial charge in [0.1, 0.15) is 5.82 Å². The van der Waals surface area contributed by atoms with Crippen LogP contribution in [-0.2, 0) is 17.8 Å². The molecule has 1 heterocycles. The Morgan fingerprint density at radius 3 is 2.95 bits per heavy atom.